The van der Waals surface area contributed by atoms with Crippen molar-refractivity contribution in [3.63, 3.8) is 0 Å². The summed E-state index contributed by atoms with van der Waals surface area (Å²) < 4.78 is 10.7. The fourth-order valence-corrected chi connectivity index (χ4v) is 1.54. The quantitative estimate of drug-likeness (QED) is 0.545. The first-order chi connectivity index (χ1) is 8.36. The van der Waals surface area contributed by atoms with E-state index < -0.39 is 0 Å². The highest BCUT2D eigenvalue weighted by molar-refractivity contribution is 6.17. The number of hydrogen-bond donors (Lipinski definition) is 1. The number of rotatable bonds is 9. The van der Waals surface area contributed by atoms with E-state index in [2.05, 4.69) is 12.1 Å². The summed E-state index contributed by atoms with van der Waals surface area (Å²) >= 11 is 5.48. The molecule has 1 aromatic rings. The number of benzene rings is 1. The lowest BCUT2D eigenvalue weighted by Gasteiger charge is -2.07. The second-order valence-corrected chi connectivity index (χ2v) is 4.06. The predicted octanol–water partition coefficient (Wildman–Crippen LogP) is 2.21. The van der Waals surface area contributed by atoms with E-state index >= 15 is 0 Å². The molecule has 17 heavy (non-hydrogen) atoms. The van der Waals surface area contributed by atoms with Gasteiger partial charge in [-0.1, -0.05) is 12.1 Å². The Morgan fingerprint density at radius 2 is 1.82 bits per heavy atom. The first-order valence-electron chi connectivity index (χ1n) is 5.92. The van der Waals surface area contributed by atoms with Gasteiger partial charge in [0.2, 0.25) is 0 Å². The van der Waals surface area contributed by atoms with Crippen molar-refractivity contribution in [2.75, 3.05) is 32.2 Å². The average Bonchev–Trinajstić information content (AvgIpc) is 2.37. The van der Waals surface area contributed by atoms with Crippen molar-refractivity contribution in [2.45, 2.75) is 12.8 Å². The van der Waals surface area contributed by atoms with Crippen molar-refractivity contribution < 1.29 is 9.47 Å². The molecule has 0 fully saturated rings. The first kappa shape index (κ1) is 14.3. The molecule has 0 spiro atoms. The monoisotopic (exact) mass is 257 g/mol. The molecule has 0 saturated heterocycles. The second kappa shape index (κ2) is 9.28. The molecular formula is C13H20ClNO2. The Morgan fingerprint density at radius 1 is 1.06 bits per heavy atom. The van der Waals surface area contributed by atoms with E-state index in [0.717, 1.165) is 25.1 Å². The largest absolute Gasteiger partial charge is 0.491 e. The van der Waals surface area contributed by atoms with Gasteiger partial charge in [0.1, 0.15) is 12.4 Å². The minimum atomic E-state index is 0.524. The van der Waals surface area contributed by atoms with Crippen LogP contribution in [0.3, 0.4) is 0 Å². The van der Waals surface area contributed by atoms with Crippen molar-refractivity contribution in [3.8, 4) is 5.75 Å². The van der Waals surface area contributed by atoms with Gasteiger partial charge < -0.3 is 15.2 Å². The van der Waals surface area contributed by atoms with Crippen molar-refractivity contribution in [2.24, 2.45) is 5.73 Å². The molecule has 0 saturated carbocycles. The van der Waals surface area contributed by atoms with Gasteiger partial charge in [-0.25, -0.2) is 0 Å². The number of hydrogen-bond acceptors (Lipinski definition) is 3. The normalized spacial score (nSPS) is 10.5. The summed E-state index contributed by atoms with van der Waals surface area (Å²) in [6.45, 7) is 2.43. The third-order valence-corrected chi connectivity index (χ3v) is 2.47. The number of halogens is 1. The summed E-state index contributed by atoms with van der Waals surface area (Å²) in [7, 11) is 0. The van der Waals surface area contributed by atoms with Crippen LogP contribution < -0.4 is 10.5 Å². The molecule has 2 N–H and O–H groups in total. The first-order valence-corrected chi connectivity index (χ1v) is 6.46. The van der Waals surface area contributed by atoms with E-state index in [0.29, 0.717) is 25.7 Å². The molecule has 1 aromatic carbocycles. The topological polar surface area (TPSA) is 44.5 Å². The van der Waals surface area contributed by atoms with Crippen molar-refractivity contribution in [3.05, 3.63) is 29.8 Å². The number of alkyl halides is 1. The van der Waals surface area contributed by atoms with Crippen LogP contribution in [0.4, 0.5) is 0 Å². The van der Waals surface area contributed by atoms with Crippen molar-refractivity contribution in [1.82, 2.24) is 0 Å². The molecule has 0 bridgehead atoms. The summed E-state index contributed by atoms with van der Waals surface area (Å²) in [6, 6.07) is 8.11. The molecule has 0 heterocycles. The van der Waals surface area contributed by atoms with Gasteiger partial charge in [-0.2, -0.15) is 0 Å². The molecule has 0 aliphatic carbocycles. The van der Waals surface area contributed by atoms with E-state index in [1.54, 1.807) is 0 Å². The van der Waals surface area contributed by atoms with Crippen LogP contribution in [0.5, 0.6) is 5.75 Å². The SMILES string of the molecule is NCCCc1ccc(OCCOCCCl)cc1. The molecule has 0 aliphatic heterocycles. The molecule has 96 valence electrons. The van der Waals surface area contributed by atoms with E-state index in [-0.39, 0.29) is 0 Å². The lowest BCUT2D eigenvalue weighted by Crippen LogP contribution is -2.08. The number of ether oxygens (including phenoxy) is 2. The standard InChI is InChI=1S/C13H20ClNO2/c14-7-9-16-10-11-17-13-5-3-12(4-6-13)2-1-8-15/h3-6H,1-2,7-11,15H2. The molecule has 0 radical (unpaired) electrons. The average molecular weight is 258 g/mol. The van der Waals surface area contributed by atoms with Gasteiger partial charge in [0.15, 0.2) is 0 Å². The summed E-state index contributed by atoms with van der Waals surface area (Å²) in [5.41, 5.74) is 6.76. The molecular weight excluding hydrogens is 238 g/mol. The van der Waals surface area contributed by atoms with Crippen LogP contribution in [-0.2, 0) is 11.2 Å². The minimum Gasteiger partial charge on any atom is -0.491 e. The lowest BCUT2D eigenvalue weighted by molar-refractivity contribution is 0.111. The van der Waals surface area contributed by atoms with E-state index in [1.165, 1.54) is 5.56 Å². The molecule has 0 atom stereocenters. The lowest BCUT2D eigenvalue weighted by atomic mass is 10.1. The van der Waals surface area contributed by atoms with Gasteiger partial charge in [0, 0.05) is 5.88 Å². The fraction of sp³-hybridized carbons (Fsp3) is 0.538. The second-order valence-electron chi connectivity index (χ2n) is 3.69. The maximum atomic E-state index is 5.52. The highest BCUT2D eigenvalue weighted by Gasteiger charge is 1.96. The van der Waals surface area contributed by atoms with Crippen LogP contribution in [0.2, 0.25) is 0 Å². The maximum absolute atomic E-state index is 5.52. The van der Waals surface area contributed by atoms with E-state index in [1.807, 2.05) is 12.1 Å². The highest BCUT2D eigenvalue weighted by atomic mass is 35.5. The Hall–Kier alpha value is -0.770. The minimum absolute atomic E-state index is 0.524. The Balaban J connectivity index is 2.20. The highest BCUT2D eigenvalue weighted by Crippen LogP contribution is 2.13. The van der Waals surface area contributed by atoms with Crippen molar-refractivity contribution in [1.29, 1.82) is 0 Å². The third-order valence-electron chi connectivity index (χ3n) is 2.31. The van der Waals surface area contributed by atoms with E-state index in [9.17, 15) is 0 Å². The van der Waals surface area contributed by atoms with Gasteiger partial charge in [-0.05, 0) is 37.1 Å². The molecule has 0 unspecified atom stereocenters. The summed E-state index contributed by atoms with van der Waals surface area (Å²) in [4.78, 5) is 0. The Morgan fingerprint density at radius 3 is 2.47 bits per heavy atom. The fourth-order valence-electron chi connectivity index (χ4n) is 1.43. The number of nitrogens with two attached hydrogens (primary N) is 1. The Bertz CT molecular complexity index is 290. The van der Waals surface area contributed by atoms with Crippen LogP contribution in [-0.4, -0.2) is 32.2 Å². The van der Waals surface area contributed by atoms with Crippen LogP contribution in [0.15, 0.2) is 24.3 Å². The van der Waals surface area contributed by atoms with Gasteiger partial charge >= 0.3 is 0 Å². The van der Waals surface area contributed by atoms with Crippen molar-refractivity contribution >= 4 is 11.6 Å². The summed E-state index contributed by atoms with van der Waals surface area (Å²) in [6.07, 6.45) is 2.04. The smallest absolute Gasteiger partial charge is 0.119 e. The molecule has 0 aliphatic rings. The third kappa shape index (κ3) is 6.51. The molecule has 4 heteroatoms. The summed E-state index contributed by atoms with van der Waals surface area (Å²) in [5.74, 6) is 1.39. The summed E-state index contributed by atoms with van der Waals surface area (Å²) in [5, 5.41) is 0. The Labute approximate surface area is 108 Å². The van der Waals surface area contributed by atoms with E-state index in [4.69, 9.17) is 26.8 Å². The van der Waals surface area contributed by atoms with Crippen LogP contribution >= 0.6 is 11.6 Å². The molecule has 0 aromatic heterocycles. The zero-order valence-corrected chi connectivity index (χ0v) is 10.8. The van der Waals surface area contributed by atoms with Crippen LogP contribution in [0.25, 0.3) is 0 Å². The zero-order valence-electron chi connectivity index (χ0n) is 10.0. The van der Waals surface area contributed by atoms with Gasteiger partial charge in [0.25, 0.3) is 0 Å². The van der Waals surface area contributed by atoms with Crippen LogP contribution in [0.1, 0.15) is 12.0 Å². The van der Waals surface area contributed by atoms with Crippen LogP contribution in [0, 0.1) is 0 Å². The molecule has 3 nitrogen and oxygen atoms in total. The Kier molecular flexibility index (Phi) is 7.80. The predicted molar refractivity (Wildman–Crippen MR) is 70.9 cm³/mol. The number of aryl methyl sites for hydroxylation is 1. The molecule has 0 amide bonds. The maximum Gasteiger partial charge on any atom is 0.119 e. The zero-order chi connectivity index (χ0) is 12.3. The van der Waals surface area contributed by atoms with Gasteiger partial charge in [0.05, 0.1) is 13.2 Å². The molecule has 1 rings (SSSR count). The van der Waals surface area contributed by atoms with Gasteiger partial charge in [-0.3, -0.25) is 0 Å². The van der Waals surface area contributed by atoms with Gasteiger partial charge in [-0.15, -0.1) is 11.6 Å².